The van der Waals surface area contributed by atoms with E-state index in [-0.39, 0.29) is 24.4 Å². The molecule has 2 aliphatic heterocycles. The van der Waals surface area contributed by atoms with Gasteiger partial charge in [-0.15, -0.1) is 0 Å². The molecule has 2 aromatic rings. The fourth-order valence-electron chi connectivity index (χ4n) is 3.81. The van der Waals surface area contributed by atoms with E-state index in [9.17, 15) is 9.18 Å². The largest absolute Gasteiger partial charge is 0.489 e. The Morgan fingerprint density at radius 1 is 1.11 bits per heavy atom. The monoisotopic (exact) mass is 366 g/mol. The SMILES string of the molecule is O=C1NCC=CC[C@]12CC[C@H](c1ccc(OCc3ccccc3F)cc1)N2. The molecule has 2 aliphatic rings. The van der Waals surface area contributed by atoms with E-state index in [2.05, 4.69) is 16.7 Å². The zero-order valence-electron chi connectivity index (χ0n) is 15.1. The van der Waals surface area contributed by atoms with Crippen molar-refractivity contribution in [3.8, 4) is 5.75 Å². The second-order valence-corrected chi connectivity index (χ2v) is 7.15. The maximum Gasteiger partial charge on any atom is 0.240 e. The van der Waals surface area contributed by atoms with Gasteiger partial charge in [-0.25, -0.2) is 4.39 Å². The first-order valence-corrected chi connectivity index (χ1v) is 9.33. The average Bonchev–Trinajstić information content (AvgIpc) is 3.04. The van der Waals surface area contributed by atoms with Crippen LogP contribution in [0.25, 0.3) is 0 Å². The molecular formula is C22H23FN2O2. The summed E-state index contributed by atoms with van der Waals surface area (Å²) < 4.78 is 19.4. The van der Waals surface area contributed by atoms with Crippen LogP contribution in [0.15, 0.2) is 60.7 Å². The summed E-state index contributed by atoms with van der Waals surface area (Å²) in [5.74, 6) is 0.523. The van der Waals surface area contributed by atoms with E-state index in [1.165, 1.54) is 6.07 Å². The van der Waals surface area contributed by atoms with E-state index in [0.29, 0.717) is 17.9 Å². The van der Waals surface area contributed by atoms with E-state index in [0.717, 1.165) is 24.8 Å². The molecule has 1 spiro atoms. The molecule has 4 rings (SSSR count). The predicted octanol–water partition coefficient (Wildman–Crippen LogP) is 3.64. The number of hydrogen-bond acceptors (Lipinski definition) is 3. The van der Waals surface area contributed by atoms with Crippen molar-refractivity contribution in [1.29, 1.82) is 0 Å². The van der Waals surface area contributed by atoms with E-state index >= 15 is 0 Å². The lowest BCUT2D eigenvalue weighted by atomic mass is 9.92. The summed E-state index contributed by atoms with van der Waals surface area (Å²) in [6.45, 7) is 0.796. The van der Waals surface area contributed by atoms with Crippen LogP contribution in [0, 0.1) is 5.82 Å². The van der Waals surface area contributed by atoms with Crippen molar-refractivity contribution in [2.45, 2.75) is 37.5 Å². The maximum absolute atomic E-state index is 13.7. The minimum Gasteiger partial charge on any atom is -0.489 e. The first-order chi connectivity index (χ1) is 13.2. The summed E-state index contributed by atoms with van der Waals surface area (Å²) in [5.41, 5.74) is 1.16. The lowest BCUT2D eigenvalue weighted by Crippen LogP contribution is -2.52. The Kier molecular flexibility index (Phi) is 4.94. The van der Waals surface area contributed by atoms with Crippen LogP contribution >= 0.6 is 0 Å². The molecule has 27 heavy (non-hydrogen) atoms. The number of carbonyl (C=O) groups excluding carboxylic acids is 1. The molecule has 2 heterocycles. The lowest BCUT2D eigenvalue weighted by Gasteiger charge is -2.27. The number of amides is 1. The second-order valence-electron chi connectivity index (χ2n) is 7.15. The molecule has 140 valence electrons. The van der Waals surface area contributed by atoms with Gasteiger partial charge in [0.1, 0.15) is 23.7 Å². The fourth-order valence-corrected chi connectivity index (χ4v) is 3.81. The summed E-state index contributed by atoms with van der Waals surface area (Å²) in [7, 11) is 0. The van der Waals surface area contributed by atoms with Crippen molar-refractivity contribution in [3.05, 3.63) is 77.6 Å². The molecule has 5 heteroatoms. The number of nitrogens with one attached hydrogen (secondary N) is 2. The zero-order chi connectivity index (χ0) is 18.7. The lowest BCUT2D eigenvalue weighted by molar-refractivity contribution is -0.126. The molecule has 1 fully saturated rings. The average molecular weight is 366 g/mol. The highest BCUT2D eigenvalue weighted by Gasteiger charge is 2.44. The molecule has 0 bridgehead atoms. The molecule has 0 aliphatic carbocycles. The van der Waals surface area contributed by atoms with Crippen LogP contribution in [0.3, 0.4) is 0 Å². The number of hydrogen-bond donors (Lipinski definition) is 2. The topological polar surface area (TPSA) is 50.4 Å². The third-order valence-electron chi connectivity index (χ3n) is 5.39. The minimum absolute atomic E-state index is 0.0832. The van der Waals surface area contributed by atoms with Gasteiger partial charge in [0, 0.05) is 18.2 Å². The van der Waals surface area contributed by atoms with Crippen LogP contribution < -0.4 is 15.4 Å². The fraction of sp³-hybridized carbons (Fsp3) is 0.318. The molecule has 0 unspecified atom stereocenters. The van der Waals surface area contributed by atoms with Crippen molar-refractivity contribution in [2.75, 3.05) is 6.54 Å². The summed E-state index contributed by atoms with van der Waals surface area (Å²) in [4.78, 5) is 12.5. The smallest absolute Gasteiger partial charge is 0.240 e. The molecule has 2 atom stereocenters. The molecule has 1 amide bonds. The van der Waals surface area contributed by atoms with Crippen molar-refractivity contribution in [3.63, 3.8) is 0 Å². The van der Waals surface area contributed by atoms with Gasteiger partial charge in [-0.1, -0.05) is 42.5 Å². The van der Waals surface area contributed by atoms with Crippen molar-refractivity contribution in [2.24, 2.45) is 0 Å². The Bertz CT molecular complexity index is 850. The second kappa shape index (κ2) is 7.53. The van der Waals surface area contributed by atoms with Crippen LogP contribution in [0.5, 0.6) is 5.75 Å². The molecular weight excluding hydrogens is 343 g/mol. The van der Waals surface area contributed by atoms with E-state index in [1.807, 2.05) is 30.3 Å². The Hall–Kier alpha value is -2.66. The maximum atomic E-state index is 13.7. The number of ether oxygens (including phenoxy) is 1. The molecule has 2 aromatic carbocycles. The van der Waals surface area contributed by atoms with Gasteiger partial charge in [-0.3, -0.25) is 10.1 Å². The zero-order valence-corrected chi connectivity index (χ0v) is 15.1. The number of carbonyl (C=O) groups is 1. The molecule has 0 aromatic heterocycles. The Morgan fingerprint density at radius 3 is 2.74 bits per heavy atom. The van der Waals surface area contributed by atoms with Gasteiger partial charge in [0.15, 0.2) is 0 Å². The van der Waals surface area contributed by atoms with Crippen LogP contribution in [0.4, 0.5) is 4.39 Å². The highest BCUT2D eigenvalue weighted by atomic mass is 19.1. The molecule has 2 N–H and O–H groups in total. The number of rotatable bonds is 4. The number of halogens is 1. The van der Waals surface area contributed by atoms with Crippen LogP contribution in [0.1, 0.15) is 36.4 Å². The predicted molar refractivity (Wildman–Crippen MR) is 102 cm³/mol. The Morgan fingerprint density at radius 2 is 1.93 bits per heavy atom. The molecule has 4 nitrogen and oxygen atoms in total. The van der Waals surface area contributed by atoms with Gasteiger partial charge in [0.05, 0.1) is 0 Å². The van der Waals surface area contributed by atoms with Gasteiger partial charge >= 0.3 is 0 Å². The summed E-state index contributed by atoms with van der Waals surface area (Å²) in [6, 6.07) is 14.6. The third-order valence-corrected chi connectivity index (χ3v) is 5.39. The molecule has 0 radical (unpaired) electrons. The first-order valence-electron chi connectivity index (χ1n) is 9.33. The van der Waals surface area contributed by atoms with Crippen LogP contribution in [-0.4, -0.2) is 18.0 Å². The summed E-state index contributed by atoms with van der Waals surface area (Å²) in [5, 5.41) is 6.50. The van der Waals surface area contributed by atoms with Gasteiger partial charge in [0.25, 0.3) is 0 Å². The molecule has 1 saturated heterocycles. The minimum atomic E-state index is -0.502. The van der Waals surface area contributed by atoms with Gasteiger partial charge in [-0.2, -0.15) is 0 Å². The summed E-state index contributed by atoms with van der Waals surface area (Å²) >= 11 is 0. The van der Waals surface area contributed by atoms with E-state index < -0.39 is 5.54 Å². The van der Waals surface area contributed by atoms with Crippen LogP contribution in [-0.2, 0) is 11.4 Å². The Balaban J connectivity index is 1.40. The molecule has 0 saturated carbocycles. The van der Waals surface area contributed by atoms with Crippen molar-refractivity contribution < 1.29 is 13.9 Å². The number of benzene rings is 2. The highest BCUT2D eigenvalue weighted by Crippen LogP contribution is 2.36. The van der Waals surface area contributed by atoms with Gasteiger partial charge in [-0.05, 0) is 43.0 Å². The van der Waals surface area contributed by atoms with Crippen molar-refractivity contribution >= 4 is 5.91 Å². The first kappa shape index (κ1) is 17.7. The standard InChI is InChI=1S/C22H23FN2O2/c23-19-6-2-1-5-17(19)15-27-18-9-7-16(8-10-18)20-11-13-22(25-20)12-3-4-14-24-21(22)26/h1-10,20,25H,11-15H2,(H,24,26)/t20-,22+/m1/s1. The van der Waals surface area contributed by atoms with Gasteiger partial charge < -0.3 is 10.1 Å². The summed E-state index contributed by atoms with van der Waals surface area (Å²) in [6.07, 6.45) is 6.53. The normalized spacial score (nSPS) is 24.6. The highest BCUT2D eigenvalue weighted by molar-refractivity contribution is 5.87. The van der Waals surface area contributed by atoms with E-state index in [1.54, 1.807) is 18.2 Å². The third kappa shape index (κ3) is 3.74. The Labute approximate surface area is 158 Å². The van der Waals surface area contributed by atoms with Crippen LogP contribution in [0.2, 0.25) is 0 Å². The van der Waals surface area contributed by atoms with Crippen molar-refractivity contribution in [1.82, 2.24) is 10.6 Å². The van der Waals surface area contributed by atoms with E-state index in [4.69, 9.17) is 4.74 Å². The quantitative estimate of drug-likeness (QED) is 0.812. The van der Waals surface area contributed by atoms with Gasteiger partial charge in [0.2, 0.25) is 5.91 Å².